The van der Waals surface area contributed by atoms with Crippen LogP contribution >= 0.6 is 0 Å². The number of amides is 1. The molecule has 0 aliphatic heterocycles. The van der Waals surface area contributed by atoms with Crippen molar-refractivity contribution in [3.63, 3.8) is 0 Å². The van der Waals surface area contributed by atoms with Crippen LogP contribution in [0, 0.1) is 0 Å². The van der Waals surface area contributed by atoms with Crippen molar-refractivity contribution in [2.75, 3.05) is 33.4 Å². The van der Waals surface area contributed by atoms with E-state index >= 15 is 0 Å². The largest absolute Gasteiger partial charge is 0.383 e. The van der Waals surface area contributed by atoms with Crippen LogP contribution in [0.15, 0.2) is 0 Å². The summed E-state index contributed by atoms with van der Waals surface area (Å²) < 4.78 is 5.15. The molecule has 0 aromatic carbocycles. The molecule has 1 atom stereocenters. The molecule has 3 N–H and O–H groups in total. The summed E-state index contributed by atoms with van der Waals surface area (Å²) in [5, 5.41) is 3.28. The summed E-state index contributed by atoms with van der Waals surface area (Å²) in [7, 11) is 1.73. The highest BCUT2D eigenvalue weighted by atomic mass is 16.5. The van der Waals surface area contributed by atoms with Gasteiger partial charge in [0.25, 0.3) is 0 Å². The Hall–Kier alpha value is -0.650. The van der Waals surface area contributed by atoms with Crippen LogP contribution in [0.1, 0.15) is 53.4 Å². The quantitative estimate of drug-likeness (QED) is 0.509. The average molecular weight is 301 g/mol. The minimum atomic E-state index is -0.578. The Morgan fingerprint density at radius 3 is 2.48 bits per heavy atom. The molecular weight excluding hydrogens is 266 g/mol. The van der Waals surface area contributed by atoms with E-state index in [9.17, 15) is 4.79 Å². The van der Waals surface area contributed by atoms with Crippen LogP contribution < -0.4 is 11.1 Å². The number of carbonyl (C=O) groups excluding carboxylic acids is 1. The Bertz CT molecular complexity index is 285. The first kappa shape index (κ1) is 20.3. The number of nitrogens with one attached hydrogen (secondary N) is 1. The summed E-state index contributed by atoms with van der Waals surface area (Å²) in [4.78, 5) is 14.0. The monoisotopic (exact) mass is 301 g/mol. The van der Waals surface area contributed by atoms with Crippen molar-refractivity contribution < 1.29 is 9.53 Å². The molecule has 126 valence electrons. The Labute approximate surface area is 130 Å². The maximum Gasteiger partial charge on any atom is 0.237 e. The molecule has 0 spiro atoms. The fourth-order valence-corrected chi connectivity index (χ4v) is 2.33. The van der Waals surface area contributed by atoms with Gasteiger partial charge < -0.3 is 15.8 Å². The third-order valence-corrected chi connectivity index (χ3v) is 3.99. The van der Waals surface area contributed by atoms with E-state index in [-0.39, 0.29) is 5.91 Å². The first-order valence-corrected chi connectivity index (χ1v) is 8.15. The number of methoxy groups -OCH3 is 1. The highest BCUT2D eigenvalue weighted by Gasteiger charge is 2.29. The van der Waals surface area contributed by atoms with Crippen molar-refractivity contribution in [2.45, 2.75) is 65.0 Å². The fourth-order valence-electron chi connectivity index (χ4n) is 2.33. The minimum Gasteiger partial charge on any atom is -0.383 e. The molecule has 5 heteroatoms. The van der Waals surface area contributed by atoms with Gasteiger partial charge in [-0.2, -0.15) is 0 Å². The molecule has 0 radical (unpaired) electrons. The summed E-state index contributed by atoms with van der Waals surface area (Å²) in [5.74, 6) is -0.254. The Morgan fingerprint density at radius 1 is 1.33 bits per heavy atom. The molecule has 0 bridgehead atoms. The summed E-state index contributed by atoms with van der Waals surface area (Å²) in [6, 6.07) is 0.515. The number of hydrogen-bond acceptors (Lipinski definition) is 4. The molecule has 0 saturated heterocycles. The van der Waals surface area contributed by atoms with Crippen LogP contribution in [0.5, 0.6) is 0 Å². The number of ether oxygens (including phenoxy) is 1. The third kappa shape index (κ3) is 8.39. The Balaban J connectivity index is 4.15. The predicted octanol–water partition coefficient (Wildman–Crippen LogP) is 1.76. The molecule has 1 amide bonds. The second-order valence-corrected chi connectivity index (χ2v) is 6.20. The standard InChI is InChI=1S/C16H35N3O2/c1-6-10-18-16(4,15(17)20)9-7-8-11-19(14(2)3)12-13-21-5/h14,18H,6-13H2,1-5H3,(H2,17,20). The first-order valence-electron chi connectivity index (χ1n) is 8.15. The lowest BCUT2D eigenvalue weighted by Crippen LogP contribution is -2.53. The van der Waals surface area contributed by atoms with Crippen LogP contribution in [0.2, 0.25) is 0 Å². The number of unbranched alkanes of at least 4 members (excludes halogenated alkanes) is 1. The number of hydrogen-bond donors (Lipinski definition) is 2. The average Bonchev–Trinajstić information content (AvgIpc) is 2.43. The van der Waals surface area contributed by atoms with E-state index in [0.29, 0.717) is 6.04 Å². The molecule has 0 aromatic heterocycles. The van der Waals surface area contributed by atoms with Crippen LogP contribution in [0.3, 0.4) is 0 Å². The van der Waals surface area contributed by atoms with E-state index < -0.39 is 5.54 Å². The Morgan fingerprint density at radius 2 is 2.00 bits per heavy atom. The molecule has 0 aliphatic carbocycles. The van der Waals surface area contributed by atoms with Gasteiger partial charge in [0, 0.05) is 19.7 Å². The van der Waals surface area contributed by atoms with Crippen molar-refractivity contribution in [1.82, 2.24) is 10.2 Å². The number of rotatable bonds is 13. The SMILES string of the molecule is CCCNC(C)(CCCCN(CCOC)C(C)C)C(N)=O. The summed E-state index contributed by atoms with van der Waals surface area (Å²) in [5.41, 5.74) is 4.96. The van der Waals surface area contributed by atoms with Gasteiger partial charge >= 0.3 is 0 Å². The molecule has 0 saturated carbocycles. The van der Waals surface area contributed by atoms with Gasteiger partial charge in [0.05, 0.1) is 12.1 Å². The zero-order chi connectivity index (χ0) is 16.3. The fraction of sp³-hybridized carbons (Fsp3) is 0.938. The third-order valence-electron chi connectivity index (χ3n) is 3.99. The van der Waals surface area contributed by atoms with Gasteiger partial charge in [-0.05, 0) is 59.5 Å². The number of nitrogens with two attached hydrogens (primary N) is 1. The summed E-state index contributed by atoms with van der Waals surface area (Å²) in [6.45, 7) is 12.0. The van der Waals surface area contributed by atoms with E-state index in [2.05, 4.69) is 31.0 Å². The normalized spacial score (nSPS) is 14.6. The lowest BCUT2D eigenvalue weighted by atomic mass is 9.93. The van der Waals surface area contributed by atoms with Gasteiger partial charge in [-0.15, -0.1) is 0 Å². The van der Waals surface area contributed by atoms with E-state index in [1.54, 1.807) is 7.11 Å². The van der Waals surface area contributed by atoms with Crippen molar-refractivity contribution in [3.8, 4) is 0 Å². The zero-order valence-corrected chi connectivity index (χ0v) is 14.6. The second kappa shape index (κ2) is 11.0. The van der Waals surface area contributed by atoms with Crippen LogP contribution in [0.25, 0.3) is 0 Å². The van der Waals surface area contributed by atoms with E-state index in [0.717, 1.165) is 51.9 Å². The van der Waals surface area contributed by atoms with Crippen LogP contribution in [-0.4, -0.2) is 55.7 Å². The molecule has 0 rings (SSSR count). The molecule has 1 unspecified atom stereocenters. The van der Waals surface area contributed by atoms with Gasteiger partial charge in [-0.1, -0.05) is 6.92 Å². The number of carbonyl (C=O) groups is 1. The Kier molecular flexibility index (Phi) is 10.6. The number of primary amides is 1. The molecular formula is C16H35N3O2. The molecule has 0 fully saturated rings. The lowest BCUT2D eigenvalue weighted by Gasteiger charge is -2.29. The van der Waals surface area contributed by atoms with Gasteiger partial charge in [-0.25, -0.2) is 0 Å². The van der Waals surface area contributed by atoms with E-state index in [4.69, 9.17) is 10.5 Å². The molecule has 0 heterocycles. The highest BCUT2D eigenvalue weighted by molar-refractivity contribution is 5.84. The summed E-state index contributed by atoms with van der Waals surface area (Å²) in [6.07, 6.45) is 3.85. The number of nitrogens with zero attached hydrogens (tertiary/aromatic N) is 1. The molecule has 0 aromatic rings. The van der Waals surface area contributed by atoms with Crippen LogP contribution in [-0.2, 0) is 9.53 Å². The summed E-state index contributed by atoms with van der Waals surface area (Å²) >= 11 is 0. The molecule has 5 nitrogen and oxygen atoms in total. The maximum atomic E-state index is 11.6. The van der Waals surface area contributed by atoms with E-state index in [1.807, 2.05) is 6.92 Å². The zero-order valence-electron chi connectivity index (χ0n) is 14.6. The lowest BCUT2D eigenvalue weighted by molar-refractivity contribution is -0.124. The van der Waals surface area contributed by atoms with Gasteiger partial charge in [-0.3, -0.25) is 9.69 Å². The second-order valence-electron chi connectivity index (χ2n) is 6.20. The topological polar surface area (TPSA) is 67.6 Å². The maximum absolute atomic E-state index is 11.6. The van der Waals surface area contributed by atoms with Gasteiger partial charge in [0.1, 0.15) is 0 Å². The minimum absolute atomic E-state index is 0.254. The van der Waals surface area contributed by atoms with E-state index in [1.165, 1.54) is 0 Å². The van der Waals surface area contributed by atoms with Gasteiger partial charge in [0.2, 0.25) is 5.91 Å². The van der Waals surface area contributed by atoms with Crippen LogP contribution in [0.4, 0.5) is 0 Å². The molecule has 21 heavy (non-hydrogen) atoms. The van der Waals surface area contributed by atoms with Crippen molar-refractivity contribution in [1.29, 1.82) is 0 Å². The predicted molar refractivity (Wildman–Crippen MR) is 88.3 cm³/mol. The first-order chi connectivity index (χ1) is 9.87. The van der Waals surface area contributed by atoms with Crippen molar-refractivity contribution in [3.05, 3.63) is 0 Å². The van der Waals surface area contributed by atoms with Crippen molar-refractivity contribution >= 4 is 5.91 Å². The smallest absolute Gasteiger partial charge is 0.237 e. The highest BCUT2D eigenvalue weighted by Crippen LogP contribution is 2.14. The van der Waals surface area contributed by atoms with Gasteiger partial charge in [0.15, 0.2) is 0 Å². The van der Waals surface area contributed by atoms with Crippen molar-refractivity contribution in [2.24, 2.45) is 5.73 Å². The molecule has 0 aliphatic rings.